The van der Waals surface area contributed by atoms with Gasteiger partial charge in [-0.2, -0.15) is 0 Å². The lowest BCUT2D eigenvalue weighted by Gasteiger charge is -2.31. The second kappa shape index (κ2) is 6.19. The number of rotatable bonds is 7. The summed E-state index contributed by atoms with van der Waals surface area (Å²) >= 11 is 0. The Morgan fingerprint density at radius 2 is 1.82 bits per heavy atom. The topological polar surface area (TPSA) is 46.2 Å². The minimum absolute atomic E-state index is 0.231. The number of nitrogens with one attached hydrogen (secondary N) is 1. The molecule has 1 N–H and O–H groups in total. The van der Waals surface area contributed by atoms with Crippen molar-refractivity contribution >= 4 is 10.0 Å². The second-order valence-corrected chi connectivity index (χ2v) is 7.87. The van der Waals surface area contributed by atoms with Crippen molar-refractivity contribution in [2.45, 2.75) is 59.3 Å². The number of sulfonamides is 1. The van der Waals surface area contributed by atoms with Crippen molar-refractivity contribution in [3.05, 3.63) is 0 Å². The summed E-state index contributed by atoms with van der Waals surface area (Å²) in [7, 11) is -3.04. The van der Waals surface area contributed by atoms with Crippen molar-refractivity contribution in [3.8, 4) is 0 Å². The van der Waals surface area contributed by atoms with E-state index in [0.717, 1.165) is 6.42 Å². The van der Waals surface area contributed by atoms with E-state index in [2.05, 4.69) is 18.6 Å². The monoisotopic (exact) mass is 261 g/mol. The van der Waals surface area contributed by atoms with Crippen molar-refractivity contribution in [3.63, 3.8) is 0 Å². The fourth-order valence-electron chi connectivity index (χ4n) is 3.05. The minimum atomic E-state index is -3.04. The van der Waals surface area contributed by atoms with Gasteiger partial charge in [0.25, 0.3) is 0 Å². The molecule has 1 saturated carbocycles. The Bertz CT molecular complexity index is 316. The normalized spacial score (nSPS) is 20.0. The first-order chi connectivity index (χ1) is 7.89. The molecule has 1 fully saturated rings. The molecule has 0 heterocycles. The molecule has 102 valence electrons. The van der Waals surface area contributed by atoms with Gasteiger partial charge >= 0.3 is 0 Å². The summed E-state index contributed by atoms with van der Waals surface area (Å²) in [4.78, 5) is 0. The standard InChI is InChI=1S/C13H27NO2S/c1-4-9-17(15,16)14-11-13(10-12(2)3)7-5-6-8-13/h12,14H,4-11H2,1-3H3. The lowest BCUT2D eigenvalue weighted by atomic mass is 9.79. The minimum Gasteiger partial charge on any atom is -0.215 e. The SMILES string of the molecule is CCCS(=O)(=O)NCC1(CC(C)C)CCCC1. The van der Waals surface area contributed by atoms with Gasteiger partial charge in [0.2, 0.25) is 10.0 Å². The van der Waals surface area contributed by atoms with Gasteiger partial charge in [-0.15, -0.1) is 0 Å². The number of hydrogen-bond donors (Lipinski definition) is 1. The highest BCUT2D eigenvalue weighted by molar-refractivity contribution is 7.89. The molecule has 1 rings (SSSR count). The zero-order valence-corrected chi connectivity index (χ0v) is 12.3. The first-order valence-electron chi connectivity index (χ1n) is 6.86. The van der Waals surface area contributed by atoms with Gasteiger partial charge in [0, 0.05) is 6.54 Å². The van der Waals surface area contributed by atoms with Gasteiger partial charge in [0.1, 0.15) is 0 Å². The van der Waals surface area contributed by atoms with Crippen LogP contribution in [0.3, 0.4) is 0 Å². The molecule has 0 aromatic carbocycles. The Morgan fingerprint density at radius 1 is 1.24 bits per heavy atom. The summed E-state index contributed by atoms with van der Waals surface area (Å²) in [5.41, 5.74) is 0.231. The zero-order valence-electron chi connectivity index (χ0n) is 11.5. The van der Waals surface area contributed by atoms with E-state index in [1.807, 2.05) is 6.92 Å². The summed E-state index contributed by atoms with van der Waals surface area (Å²) in [5.74, 6) is 0.897. The molecular formula is C13H27NO2S. The molecule has 0 atom stereocenters. The molecule has 0 bridgehead atoms. The molecule has 1 aliphatic carbocycles. The van der Waals surface area contributed by atoms with Gasteiger partial charge < -0.3 is 0 Å². The van der Waals surface area contributed by atoms with Gasteiger partial charge in [-0.1, -0.05) is 33.6 Å². The predicted molar refractivity (Wildman–Crippen MR) is 72.4 cm³/mol. The molecule has 0 amide bonds. The molecule has 0 radical (unpaired) electrons. The maximum atomic E-state index is 11.7. The zero-order chi connectivity index (χ0) is 12.9. The third-order valence-corrected chi connectivity index (χ3v) is 5.18. The van der Waals surface area contributed by atoms with Gasteiger partial charge in [-0.3, -0.25) is 0 Å². The highest BCUT2D eigenvalue weighted by Crippen LogP contribution is 2.42. The summed E-state index contributed by atoms with van der Waals surface area (Å²) in [6.07, 6.45) is 6.69. The van der Waals surface area contributed by atoms with Crippen LogP contribution >= 0.6 is 0 Å². The van der Waals surface area contributed by atoms with Crippen LogP contribution < -0.4 is 4.72 Å². The average molecular weight is 261 g/mol. The van der Waals surface area contributed by atoms with Crippen LogP contribution in [0.4, 0.5) is 0 Å². The van der Waals surface area contributed by atoms with Gasteiger partial charge in [0.05, 0.1) is 5.75 Å². The van der Waals surface area contributed by atoms with E-state index in [1.165, 1.54) is 25.7 Å². The van der Waals surface area contributed by atoms with Crippen LogP contribution in [0, 0.1) is 11.3 Å². The molecule has 0 aliphatic heterocycles. The van der Waals surface area contributed by atoms with Crippen molar-refractivity contribution in [1.82, 2.24) is 4.72 Å². The van der Waals surface area contributed by atoms with Crippen LogP contribution in [0.15, 0.2) is 0 Å². The van der Waals surface area contributed by atoms with E-state index in [4.69, 9.17) is 0 Å². The molecule has 1 aliphatic rings. The summed E-state index contributed by atoms with van der Waals surface area (Å²) in [5, 5.41) is 0. The summed E-state index contributed by atoms with van der Waals surface area (Å²) in [6, 6.07) is 0. The lowest BCUT2D eigenvalue weighted by Crippen LogP contribution is -2.37. The highest BCUT2D eigenvalue weighted by atomic mass is 32.2. The Hall–Kier alpha value is -0.0900. The third kappa shape index (κ3) is 4.96. The molecule has 0 saturated heterocycles. The molecule has 17 heavy (non-hydrogen) atoms. The van der Waals surface area contributed by atoms with E-state index in [-0.39, 0.29) is 11.2 Å². The van der Waals surface area contributed by atoms with E-state index in [0.29, 0.717) is 18.9 Å². The van der Waals surface area contributed by atoms with Crippen molar-refractivity contribution < 1.29 is 8.42 Å². The fraction of sp³-hybridized carbons (Fsp3) is 1.00. The van der Waals surface area contributed by atoms with E-state index < -0.39 is 10.0 Å². The average Bonchev–Trinajstić information content (AvgIpc) is 2.63. The summed E-state index contributed by atoms with van der Waals surface area (Å²) in [6.45, 7) is 6.99. The van der Waals surface area contributed by atoms with E-state index >= 15 is 0 Å². The van der Waals surface area contributed by atoms with Crippen molar-refractivity contribution in [2.75, 3.05) is 12.3 Å². The van der Waals surface area contributed by atoms with E-state index in [9.17, 15) is 8.42 Å². The first kappa shape index (κ1) is 15.0. The molecule has 0 aromatic heterocycles. The van der Waals surface area contributed by atoms with Gasteiger partial charge in [0.15, 0.2) is 0 Å². The Labute approximate surface area is 106 Å². The third-order valence-electron chi connectivity index (χ3n) is 3.65. The maximum absolute atomic E-state index is 11.7. The van der Waals surface area contributed by atoms with Crippen LogP contribution in [0.2, 0.25) is 0 Å². The lowest BCUT2D eigenvalue weighted by molar-refractivity contribution is 0.236. The largest absolute Gasteiger partial charge is 0.215 e. The molecule has 0 spiro atoms. The van der Waals surface area contributed by atoms with Crippen LogP contribution in [-0.2, 0) is 10.0 Å². The van der Waals surface area contributed by atoms with Crippen molar-refractivity contribution in [1.29, 1.82) is 0 Å². The Kier molecular flexibility index (Phi) is 5.45. The molecule has 3 nitrogen and oxygen atoms in total. The summed E-state index contributed by atoms with van der Waals surface area (Å²) < 4.78 is 26.2. The van der Waals surface area contributed by atoms with Crippen LogP contribution in [0.5, 0.6) is 0 Å². The fourth-order valence-corrected chi connectivity index (χ4v) is 4.26. The predicted octanol–water partition coefficient (Wildman–Crippen LogP) is 2.92. The highest BCUT2D eigenvalue weighted by Gasteiger charge is 2.35. The molecule has 4 heteroatoms. The van der Waals surface area contributed by atoms with E-state index in [1.54, 1.807) is 0 Å². The first-order valence-corrected chi connectivity index (χ1v) is 8.52. The van der Waals surface area contributed by atoms with Gasteiger partial charge in [-0.25, -0.2) is 13.1 Å². The van der Waals surface area contributed by atoms with Crippen LogP contribution in [0.1, 0.15) is 59.3 Å². The Morgan fingerprint density at radius 3 is 2.29 bits per heavy atom. The molecule has 0 unspecified atom stereocenters. The quantitative estimate of drug-likeness (QED) is 0.766. The van der Waals surface area contributed by atoms with Crippen molar-refractivity contribution in [2.24, 2.45) is 11.3 Å². The Balaban J connectivity index is 2.56. The van der Waals surface area contributed by atoms with Crippen LogP contribution in [-0.4, -0.2) is 20.7 Å². The van der Waals surface area contributed by atoms with Gasteiger partial charge in [-0.05, 0) is 37.0 Å². The maximum Gasteiger partial charge on any atom is 0.211 e. The number of hydrogen-bond acceptors (Lipinski definition) is 2. The molecular weight excluding hydrogens is 234 g/mol. The smallest absolute Gasteiger partial charge is 0.211 e. The second-order valence-electron chi connectivity index (χ2n) is 5.95. The van der Waals surface area contributed by atoms with Crippen LogP contribution in [0.25, 0.3) is 0 Å². The molecule has 0 aromatic rings.